The van der Waals surface area contributed by atoms with E-state index in [0.717, 1.165) is 30.2 Å². The van der Waals surface area contributed by atoms with Gasteiger partial charge in [-0.15, -0.1) is 11.8 Å². The molecule has 0 spiro atoms. The molecule has 0 aliphatic carbocycles. The monoisotopic (exact) mass is 267 g/mol. The Morgan fingerprint density at radius 2 is 2.28 bits per heavy atom. The van der Waals surface area contributed by atoms with Crippen molar-refractivity contribution in [2.24, 2.45) is 5.92 Å². The van der Waals surface area contributed by atoms with Crippen molar-refractivity contribution in [2.75, 3.05) is 12.3 Å². The summed E-state index contributed by atoms with van der Waals surface area (Å²) in [4.78, 5) is 14.0. The molecule has 100 valence electrons. The summed E-state index contributed by atoms with van der Waals surface area (Å²) in [6.45, 7) is 7.17. The molecule has 1 unspecified atom stereocenters. The second-order valence-corrected chi connectivity index (χ2v) is 6.26. The van der Waals surface area contributed by atoms with E-state index in [2.05, 4.69) is 20.8 Å². The molecule has 2 rings (SSSR count). The van der Waals surface area contributed by atoms with E-state index in [1.165, 1.54) is 0 Å². The molecule has 4 heteroatoms. The highest BCUT2D eigenvalue weighted by atomic mass is 32.2. The van der Waals surface area contributed by atoms with E-state index >= 15 is 0 Å². The van der Waals surface area contributed by atoms with Crippen LogP contribution in [-0.2, 0) is 11.2 Å². The number of rotatable bonds is 4. The van der Waals surface area contributed by atoms with Gasteiger partial charge in [0.1, 0.15) is 16.9 Å². The van der Waals surface area contributed by atoms with Crippen molar-refractivity contribution >= 4 is 17.7 Å². The van der Waals surface area contributed by atoms with E-state index in [9.17, 15) is 4.79 Å². The zero-order valence-electron chi connectivity index (χ0n) is 11.3. The molecule has 0 saturated carbocycles. The Bertz CT molecular complexity index is 414. The van der Waals surface area contributed by atoms with E-state index in [1.807, 2.05) is 17.0 Å². The minimum Gasteiger partial charge on any atom is -0.463 e. The van der Waals surface area contributed by atoms with Crippen LogP contribution in [0.2, 0.25) is 0 Å². The van der Waals surface area contributed by atoms with Gasteiger partial charge in [-0.1, -0.05) is 20.8 Å². The lowest BCUT2D eigenvalue weighted by molar-refractivity contribution is -0.132. The van der Waals surface area contributed by atoms with Crippen LogP contribution in [0.15, 0.2) is 16.5 Å². The first kappa shape index (κ1) is 13.5. The van der Waals surface area contributed by atoms with Gasteiger partial charge >= 0.3 is 0 Å². The van der Waals surface area contributed by atoms with Gasteiger partial charge < -0.3 is 9.32 Å². The Kier molecular flexibility index (Phi) is 4.38. The summed E-state index contributed by atoms with van der Waals surface area (Å²) in [7, 11) is 0. The molecular weight excluding hydrogens is 246 g/mol. The van der Waals surface area contributed by atoms with Gasteiger partial charge in [0.15, 0.2) is 0 Å². The minimum atomic E-state index is 0.0638. The second-order valence-electron chi connectivity index (χ2n) is 5.07. The highest BCUT2D eigenvalue weighted by Crippen LogP contribution is 2.38. The zero-order chi connectivity index (χ0) is 13.1. The van der Waals surface area contributed by atoms with Crippen molar-refractivity contribution in [1.82, 2.24) is 4.90 Å². The van der Waals surface area contributed by atoms with Crippen molar-refractivity contribution in [3.05, 3.63) is 23.7 Å². The minimum absolute atomic E-state index is 0.0638. The van der Waals surface area contributed by atoms with E-state index in [4.69, 9.17) is 4.42 Å². The van der Waals surface area contributed by atoms with E-state index < -0.39 is 0 Å². The van der Waals surface area contributed by atoms with Gasteiger partial charge in [-0.2, -0.15) is 0 Å². The van der Waals surface area contributed by atoms with Gasteiger partial charge in [0.2, 0.25) is 5.91 Å². The Morgan fingerprint density at radius 3 is 2.89 bits per heavy atom. The normalized spacial score (nSPS) is 20.8. The van der Waals surface area contributed by atoms with Gasteiger partial charge in [-0.05, 0) is 18.1 Å². The van der Waals surface area contributed by atoms with Crippen molar-refractivity contribution in [1.29, 1.82) is 0 Å². The lowest BCUT2D eigenvalue weighted by atomic mass is 10.2. The van der Waals surface area contributed by atoms with Crippen molar-refractivity contribution in [2.45, 2.75) is 39.0 Å². The lowest BCUT2D eigenvalue weighted by Crippen LogP contribution is -2.39. The molecule has 1 saturated heterocycles. The maximum atomic E-state index is 12.1. The number of hydrogen-bond acceptors (Lipinski definition) is 3. The molecular formula is C14H21NO2S. The molecule has 0 N–H and O–H groups in total. The first-order valence-corrected chi connectivity index (χ1v) is 7.66. The number of nitrogens with zero attached hydrogens (tertiary/aromatic N) is 1. The summed E-state index contributed by atoms with van der Waals surface area (Å²) in [6.07, 6.45) is 1.55. The number of thioether (sulfide) groups is 1. The third-order valence-electron chi connectivity index (χ3n) is 3.03. The molecule has 18 heavy (non-hydrogen) atoms. The summed E-state index contributed by atoms with van der Waals surface area (Å²) in [6, 6.07) is 4.03. The summed E-state index contributed by atoms with van der Waals surface area (Å²) < 4.78 is 5.82. The molecule has 1 atom stereocenters. The number of furan rings is 1. The van der Waals surface area contributed by atoms with E-state index in [0.29, 0.717) is 12.3 Å². The van der Waals surface area contributed by atoms with Crippen LogP contribution < -0.4 is 0 Å². The lowest BCUT2D eigenvalue weighted by Gasteiger charge is -2.35. The third-order valence-corrected chi connectivity index (χ3v) is 4.27. The zero-order valence-corrected chi connectivity index (χ0v) is 12.1. The van der Waals surface area contributed by atoms with Gasteiger partial charge in [-0.25, -0.2) is 0 Å². The van der Waals surface area contributed by atoms with Crippen molar-refractivity contribution in [3.8, 4) is 0 Å². The highest BCUT2D eigenvalue weighted by molar-refractivity contribution is 7.99. The Hall–Kier alpha value is -0.900. The fourth-order valence-electron chi connectivity index (χ4n) is 2.17. The van der Waals surface area contributed by atoms with Crippen LogP contribution in [0.3, 0.4) is 0 Å². The summed E-state index contributed by atoms with van der Waals surface area (Å²) >= 11 is 1.81. The summed E-state index contributed by atoms with van der Waals surface area (Å²) in [5.41, 5.74) is 0. The number of hydrogen-bond donors (Lipinski definition) is 0. The van der Waals surface area contributed by atoms with Crippen LogP contribution in [-0.4, -0.2) is 23.1 Å². The number of carbonyl (C=O) groups excluding carboxylic acids is 1. The average Bonchev–Trinajstić information content (AvgIpc) is 2.80. The maximum Gasteiger partial charge on any atom is 0.224 e. The van der Waals surface area contributed by atoms with Crippen LogP contribution in [0, 0.1) is 5.92 Å². The quantitative estimate of drug-likeness (QED) is 0.837. The molecule has 1 fully saturated rings. The van der Waals surface area contributed by atoms with Crippen LogP contribution in [0.1, 0.15) is 44.1 Å². The largest absolute Gasteiger partial charge is 0.463 e. The standard InChI is InChI=1S/C14H21NO2S/c1-4-11-5-6-12(17-11)14-15(9-10(2)3)13(16)7-8-18-14/h5-6,10,14H,4,7-9H2,1-3H3. The van der Waals surface area contributed by atoms with E-state index in [-0.39, 0.29) is 11.3 Å². The summed E-state index contributed by atoms with van der Waals surface area (Å²) in [5, 5.41) is 0.0638. The Balaban J connectivity index is 2.19. The molecule has 1 aliphatic rings. The van der Waals surface area contributed by atoms with Gasteiger partial charge in [-0.3, -0.25) is 4.79 Å². The smallest absolute Gasteiger partial charge is 0.224 e. The summed E-state index contributed by atoms with van der Waals surface area (Å²) in [5.74, 6) is 3.54. The van der Waals surface area contributed by atoms with Gasteiger partial charge in [0, 0.05) is 25.1 Å². The fourth-order valence-corrected chi connectivity index (χ4v) is 3.36. The van der Waals surface area contributed by atoms with Crippen LogP contribution in [0.4, 0.5) is 0 Å². The van der Waals surface area contributed by atoms with Crippen LogP contribution >= 0.6 is 11.8 Å². The molecule has 1 aliphatic heterocycles. The predicted octanol–water partition coefficient (Wildman–Crippen LogP) is 3.46. The van der Waals surface area contributed by atoms with Gasteiger partial charge in [0.25, 0.3) is 0 Å². The first-order valence-electron chi connectivity index (χ1n) is 6.61. The molecule has 1 amide bonds. The van der Waals surface area contributed by atoms with Crippen molar-refractivity contribution < 1.29 is 9.21 Å². The van der Waals surface area contributed by atoms with Crippen molar-refractivity contribution in [3.63, 3.8) is 0 Å². The second kappa shape index (κ2) is 5.83. The maximum absolute atomic E-state index is 12.1. The first-order chi connectivity index (χ1) is 8.61. The molecule has 1 aromatic heterocycles. The molecule has 0 bridgehead atoms. The molecule has 3 nitrogen and oxygen atoms in total. The number of aryl methyl sites for hydroxylation is 1. The fraction of sp³-hybridized carbons (Fsp3) is 0.643. The number of carbonyl (C=O) groups is 1. The highest BCUT2D eigenvalue weighted by Gasteiger charge is 2.32. The molecule has 0 radical (unpaired) electrons. The average molecular weight is 267 g/mol. The SMILES string of the molecule is CCc1ccc(C2SCCC(=O)N2CC(C)C)o1. The van der Waals surface area contributed by atoms with Crippen LogP contribution in [0.25, 0.3) is 0 Å². The molecule has 2 heterocycles. The van der Waals surface area contributed by atoms with Gasteiger partial charge in [0.05, 0.1) is 0 Å². The Morgan fingerprint density at radius 1 is 1.50 bits per heavy atom. The predicted molar refractivity (Wildman–Crippen MR) is 74.5 cm³/mol. The third kappa shape index (κ3) is 2.91. The number of amides is 1. The molecule has 1 aromatic rings. The topological polar surface area (TPSA) is 33.5 Å². The van der Waals surface area contributed by atoms with Crippen LogP contribution in [0.5, 0.6) is 0 Å². The Labute approximate surface area is 113 Å². The van der Waals surface area contributed by atoms with E-state index in [1.54, 1.807) is 11.8 Å². The molecule has 0 aromatic carbocycles.